The molecule has 0 N–H and O–H groups in total. The SMILES string of the molecule is O=C([O-])c1nc2cc(F)ccc2n1C1CCC1. The van der Waals surface area contributed by atoms with Crippen molar-refractivity contribution in [3.63, 3.8) is 0 Å². The van der Waals surface area contributed by atoms with E-state index < -0.39 is 11.8 Å². The first-order chi connectivity index (χ1) is 8.16. The Morgan fingerprint density at radius 3 is 2.82 bits per heavy atom. The zero-order chi connectivity index (χ0) is 12.0. The molecule has 4 nitrogen and oxygen atoms in total. The van der Waals surface area contributed by atoms with Gasteiger partial charge in [-0.1, -0.05) is 0 Å². The number of carbonyl (C=O) groups excluding carboxylic acids is 1. The molecule has 2 aromatic rings. The van der Waals surface area contributed by atoms with Gasteiger partial charge in [0.25, 0.3) is 0 Å². The van der Waals surface area contributed by atoms with E-state index in [4.69, 9.17) is 0 Å². The van der Waals surface area contributed by atoms with Gasteiger partial charge in [-0.05, 0) is 31.4 Å². The fourth-order valence-electron chi connectivity index (χ4n) is 2.23. The highest BCUT2D eigenvalue weighted by atomic mass is 19.1. The van der Waals surface area contributed by atoms with E-state index in [9.17, 15) is 14.3 Å². The average molecular weight is 233 g/mol. The van der Waals surface area contributed by atoms with Crippen LogP contribution in [0.3, 0.4) is 0 Å². The topological polar surface area (TPSA) is 57.9 Å². The van der Waals surface area contributed by atoms with Crippen LogP contribution in [0.25, 0.3) is 11.0 Å². The van der Waals surface area contributed by atoms with Crippen LogP contribution in [0.4, 0.5) is 4.39 Å². The number of carboxylic acids is 1. The summed E-state index contributed by atoms with van der Waals surface area (Å²) in [4.78, 5) is 15.0. The van der Waals surface area contributed by atoms with Gasteiger partial charge in [-0.3, -0.25) is 0 Å². The second-order valence-electron chi connectivity index (χ2n) is 4.31. The highest BCUT2D eigenvalue weighted by Gasteiger charge is 2.24. The number of aromatic carboxylic acids is 1. The molecule has 1 aliphatic rings. The van der Waals surface area contributed by atoms with Crippen molar-refractivity contribution in [2.24, 2.45) is 0 Å². The van der Waals surface area contributed by atoms with Crippen molar-refractivity contribution < 1.29 is 14.3 Å². The highest BCUT2D eigenvalue weighted by molar-refractivity contribution is 5.88. The van der Waals surface area contributed by atoms with Crippen molar-refractivity contribution >= 4 is 17.0 Å². The zero-order valence-corrected chi connectivity index (χ0v) is 9.02. The molecule has 3 rings (SSSR count). The number of hydrogen-bond acceptors (Lipinski definition) is 3. The molecule has 0 amide bonds. The minimum Gasteiger partial charge on any atom is -0.542 e. The molecule has 0 spiro atoms. The number of rotatable bonds is 2. The van der Waals surface area contributed by atoms with E-state index >= 15 is 0 Å². The average Bonchev–Trinajstić information content (AvgIpc) is 2.54. The molecular weight excluding hydrogens is 223 g/mol. The van der Waals surface area contributed by atoms with E-state index in [2.05, 4.69) is 4.98 Å². The van der Waals surface area contributed by atoms with Gasteiger partial charge in [-0.15, -0.1) is 0 Å². The summed E-state index contributed by atoms with van der Waals surface area (Å²) >= 11 is 0. The van der Waals surface area contributed by atoms with Gasteiger partial charge in [0, 0.05) is 12.1 Å². The summed E-state index contributed by atoms with van der Waals surface area (Å²) in [6.07, 6.45) is 2.95. The van der Waals surface area contributed by atoms with Gasteiger partial charge in [0.1, 0.15) is 11.8 Å². The van der Waals surface area contributed by atoms with Crippen LogP contribution in [0.2, 0.25) is 0 Å². The summed E-state index contributed by atoms with van der Waals surface area (Å²) in [7, 11) is 0. The number of hydrogen-bond donors (Lipinski definition) is 0. The number of carboxylic acid groups (broad SMARTS) is 1. The number of carbonyl (C=O) groups is 1. The summed E-state index contributed by atoms with van der Waals surface area (Å²) in [5, 5.41) is 11.0. The van der Waals surface area contributed by atoms with E-state index in [0.717, 1.165) is 19.3 Å². The number of aromatic nitrogens is 2. The first-order valence-corrected chi connectivity index (χ1v) is 5.55. The Morgan fingerprint density at radius 2 is 2.24 bits per heavy atom. The van der Waals surface area contributed by atoms with Crippen molar-refractivity contribution in [3.05, 3.63) is 29.8 Å². The lowest BCUT2D eigenvalue weighted by molar-refractivity contribution is -0.256. The number of benzene rings is 1. The summed E-state index contributed by atoms with van der Waals surface area (Å²) in [5.41, 5.74) is 1.03. The van der Waals surface area contributed by atoms with E-state index in [1.807, 2.05) is 0 Å². The minimum absolute atomic E-state index is 0.102. The molecule has 1 aromatic carbocycles. The van der Waals surface area contributed by atoms with Crippen LogP contribution in [-0.4, -0.2) is 15.5 Å². The largest absolute Gasteiger partial charge is 0.542 e. The Bertz CT molecular complexity index is 602. The van der Waals surface area contributed by atoms with Crippen molar-refractivity contribution in [1.29, 1.82) is 0 Å². The first-order valence-electron chi connectivity index (χ1n) is 5.55. The van der Waals surface area contributed by atoms with Crippen LogP contribution < -0.4 is 5.11 Å². The van der Waals surface area contributed by atoms with E-state index in [1.54, 1.807) is 10.6 Å². The standard InChI is InChI=1S/C12H11FN2O2/c13-7-4-5-10-9(6-7)14-11(12(16)17)15(10)8-2-1-3-8/h4-6,8H,1-3H2,(H,16,17)/p-1. The molecule has 0 radical (unpaired) electrons. The first kappa shape index (κ1) is 10.3. The highest BCUT2D eigenvalue weighted by Crippen LogP contribution is 2.35. The molecule has 1 aliphatic carbocycles. The van der Waals surface area contributed by atoms with E-state index in [1.165, 1.54) is 12.1 Å². The molecule has 1 saturated carbocycles. The second-order valence-corrected chi connectivity index (χ2v) is 4.31. The van der Waals surface area contributed by atoms with Gasteiger partial charge in [0.05, 0.1) is 11.0 Å². The quantitative estimate of drug-likeness (QED) is 0.784. The monoisotopic (exact) mass is 233 g/mol. The van der Waals surface area contributed by atoms with Gasteiger partial charge in [-0.25, -0.2) is 9.37 Å². The molecule has 0 unspecified atom stereocenters. The lowest BCUT2D eigenvalue weighted by Crippen LogP contribution is -2.29. The molecule has 88 valence electrons. The van der Waals surface area contributed by atoms with Crippen LogP contribution in [0.1, 0.15) is 35.9 Å². The lowest BCUT2D eigenvalue weighted by atomic mass is 9.92. The summed E-state index contributed by atoms with van der Waals surface area (Å²) < 4.78 is 14.7. The Labute approximate surface area is 96.7 Å². The van der Waals surface area contributed by atoms with Crippen molar-refractivity contribution in [3.8, 4) is 0 Å². The number of fused-ring (bicyclic) bond motifs is 1. The number of nitrogens with zero attached hydrogens (tertiary/aromatic N) is 2. The molecule has 0 saturated heterocycles. The van der Waals surface area contributed by atoms with E-state index in [0.29, 0.717) is 11.0 Å². The van der Waals surface area contributed by atoms with Gasteiger partial charge in [-0.2, -0.15) is 0 Å². The molecular formula is C12H10FN2O2-. The maximum Gasteiger partial charge on any atom is 0.157 e. The maximum atomic E-state index is 13.1. The van der Waals surface area contributed by atoms with Crippen molar-refractivity contribution in [2.75, 3.05) is 0 Å². The molecule has 1 aromatic heterocycles. The van der Waals surface area contributed by atoms with Gasteiger partial charge >= 0.3 is 0 Å². The number of imidazole rings is 1. The van der Waals surface area contributed by atoms with Crippen LogP contribution in [0.5, 0.6) is 0 Å². The third-order valence-electron chi connectivity index (χ3n) is 3.27. The summed E-state index contributed by atoms with van der Waals surface area (Å²) in [6.45, 7) is 0. The van der Waals surface area contributed by atoms with Gasteiger partial charge in [0.15, 0.2) is 5.82 Å². The van der Waals surface area contributed by atoms with Crippen LogP contribution in [-0.2, 0) is 0 Å². The Hall–Kier alpha value is -1.91. The van der Waals surface area contributed by atoms with Crippen molar-refractivity contribution in [1.82, 2.24) is 9.55 Å². The second kappa shape index (κ2) is 3.55. The fourth-order valence-corrected chi connectivity index (χ4v) is 2.23. The molecule has 0 atom stereocenters. The molecule has 5 heteroatoms. The number of halogens is 1. The molecule has 17 heavy (non-hydrogen) atoms. The normalized spacial score (nSPS) is 16.1. The molecule has 1 heterocycles. The predicted molar refractivity (Wildman–Crippen MR) is 56.9 cm³/mol. The predicted octanol–water partition coefficient (Wildman–Crippen LogP) is 1.26. The maximum absolute atomic E-state index is 13.1. The third kappa shape index (κ3) is 1.50. The van der Waals surface area contributed by atoms with Crippen molar-refractivity contribution in [2.45, 2.75) is 25.3 Å². The molecule has 0 aliphatic heterocycles. The molecule has 0 bridgehead atoms. The summed E-state index contributed by atoms with van der Waals surface area (Å²) in [5.74, 6) is -1.83. The van der Waals surface area contributed by atoms with Gasteiger partial charge in [0.2, 0.25) is 0 Å². The van der Waals surface area contributed by atoms with Crippen LogP contribution in [0.15, 0.2) is 18.2 Å². The summed E-state index contributed by atoms with van der Waals surface area (Å²) in [6, 6.07) is 4.29. The Morgan fingerprint density at radius 1 is 1.47 bits per heavy atom. The smallest absolute Gasteiger partial charge is 0.157 e. The Kier molecular flexibility index (Phi) is 2.14. The Balaban J connectivity index is 2.26. The zero-order valence-electron chi connectivity index (χ0n) is 9.02. The minimum atomic E-state index is -1.31. The van der Waals surface area contributed by atoms with E-state index in [-0.39, 0.29) is 11.9 Å². The third-order valence-corrected chi connectivity index (χ3v) is 3.27. The molecule has 1 fully saturated rings. The van der Waals surface area contributed by atoms with Crippen LogP contribution >= 0.6 is 0 Å². The lowest BCUT2D eigenvalue weighted by Gasteiger charge is -2.29. The van der Waals surface area contributed by atoms with Crippen LogP contribution in [0, 0.1) is 5.82 Å². The fraction of sp³-hybridized carbons (Fsp3) is 0.333. The van der Waals surface area contributed by atoms with Gasteiger partial charge < -0.3 is 14.5 Å².